The zero-order chi connectivity index (χ0) is 19.5. The van der Waals surface area contributed by atoms with E-state index in [2.05, 4.69) is 25.9 Å². The molecule has 1 saturated heterocycles. The van der Waals surface area contributed by atoms with Crippen LogP contribution in [0.3, 0.4) is 0 Å². The quantitative estimate of drug-likeness (QED) is 0.524. The fourth-order valence-corrected chi connectivity index (χ4v) is 4.55. The van der Waals surface area contributed by atoms with Crippen molar-refractivity contribution in [3.63, 3.8) is 0 Å². The molecule has 0 aliphatic carbocycles. The van der Waals surface area contributed by atoms with Crippen LogP contribution in [0.5, 0.6) is 0 Å². The lowest BCUT2D eigenvalue weighted by atomic mass is 10.1. The van der Waals surface area contributed by atoms with Gasteiger partial charge in [0.2, 0.25) is 17.7 Å². The van der Waals surface area contributed by atoms with Crippen molar-refractivity contribution >= 4 is 62.7 Å². The summed E-state index contributed by atoms with van der Waals surface area (Å²) in [6.07, 6.45) is 3.05. The van der Waals surface area contributed by atoms with E-state index in [4.69, 9.17) is 4.42 Å². The van der Waals surface area contributed by atoms with Gasteiger partial charge < -0.3 is 15.1 Å². The fraction of sp³-hybridized carbons (Fsp3) is 0.235. The molecule has 3 heterocycles. The van der Waals surface area contributed by atoms with E-state index in [0.717, 1.165) is 14.6 Å². The Morgan fingerprint density at radius 3 is 3.00 bits per heavy atom. The molecular formula is C17H15N5O4S2. The van der Waals surface area contributed by atoms with Gasteiger partial charge in [0, 0.05) is 18.7 Å². The number of rotatable bonds is 6. The lowest BCUT2D eigenvalue weighted by Gasteiger charge is -2.08. The molecule has 1 unspecified atom stereocenters. The number of anilines is 2. The third-order valence-corrected chi connectivity index (χ3v) is 6.15. The second-order valence-electron chi connectivity index (χ2n) is 6.03. The van der Waals surface area contributed by atoms with Gasteiger partial charge in [-0.3, -0.25) is 19.7 Å². The van der Waals surface area contributed by atoms with E-state index < -0.39 is 0 Å². The maximum absolute atomic E-state index is 12.2. The molecule has 3 amide bonds. The van der Waals surface area contributed by atoms with E-state index in [9.17, 15) is 14.4 Å². The molecule has 0 radical (unpaired) electrons. The minimum absolute atomic E-state index is 0.105. The molecule has 1 atom stereocenters. The smallest absolute Gasteiger partial charge is 0.301 e. The Morgan fingerprint density at radius 1 is 1.36 bits per heavy atom. The molecule has 1 fully saturated rings. The summed E-state index contributed by atoms with van der Waals surface area (Å²) in [5.74, 6) is -0.696. The minimum Gasteiger partial charge on any atom is -0.432 e. The maximum atomic E-state index is 12.2. The average molecular weight is 417 g/mol. The Morgan fingerprint density at radius 2 is 2.25 bits per heavy atom. The summed E-state index contributed by atoms with van der Waals surface area (Å²) >= 11 is 2.75. The van der Waals surface area contributed by atoms with Gasteiger partial charge in [-0.15, -0.1) is 11.3 Å². The van der Waals surface area contributed by atoms with Crippen LogP contribution in [0.25, 0.3) is 10.2 Å². The van der Waals surface area contributed by atoms with E-state index in [1.54, 1.807) is 6.07 Å². The number of hydrogen-bond acceptors (Lipinski definition) is 8. The first-order valence-electron chi connectivity index (χ1n) is 8.37. The van der Waals surface area contributed by atoms with Crippen LogP contribution in [0, 0.1) is 5.92 Å². The number of hydrogen-bond donors (Lipinski definition) is 3. The van der Waals surface area contributed by atoms with Gasteiger partial charge in [0.05, 0.1) is 28.1 Å². The topological polar surface area (TPSA) is 126 Å². The van der Waals surface area contributed by atoms with E-state index >= 15 is 0 Å². The number of nitrogens with one attached hydrogen (secondary N) is 3. The summed E-state index contributed by atoms with van der Waals surface area (Å²) in [5.41, 5.74) is 1.44. The number of carbonyl (C=O) groups excluding carboxylic acids is 3. The molecule has 0 bridgehead atoms. The number of aromatic nitrogens is 2. The zero-order valence-corrected chi connectivity index (χ0v) is 16.1. The molecule has 144 valence electrons. The number of amides is 3. The lowest BCUT2D eigenvalue weighted by molar-refractivity contribution is -0.123. The summed E-state index contributed by atoms with van der Waals surface area (Å²) in [6, 6.07) is 5.59. The van der Waals surface area contributed by atoms with Gasteiger partial charge in [0.1, 0.15) is 6.26 Å². The molecule has 1 aliphatic rings. The zero-order valence-electron chi connectivity index (χ0n) is 14.4. The second-order valence-corrected chi connectivity index (χ2v) is 8.28. The Hall–Kier alpha value is -2.92. The predicted octanol–water partition coefficient (Wildman–Crippen LogP) is 2.09. The van der Waals surface area contributed by atoms with Crippen LogP contribution >= 0.6 is 23.1 Å². The molecule has 3 aromatic rings. The largest absolute Gasteiger partial charge is 0.432 e. The van der Waals surface area contributed by atoms with Crippen LogP contribution < -0.4 is 16.0 Å². The van der Waals surface area contributed by atoms with Crippen molar-refractivity contribution in [1.82, 2.24) is 15.3 Å². The first kappa shape index (κ1) is 18.4. The highest BCUT2D eigenvalue weighted by Gasteiger charge is 2.27. The van der Waals surface area contributed by atoms with Crippen LogP contribution in [0.1, 0.15) is 6.42 Å². The molecule has 9 nitrogen and oxygen atoms in total. The van der Waals surface area contributed by atoms with Crippen LogP contribution in [-0.4, -0.2) is 40.0 Å². The Kier molecular flexibility index (Phi) is 5.26. The average Bonchev–Trinajstić information content (AvgIpc) is 3.40. The van der Waals surface area contributed by atoms with Crippen molar-refractivity contribution in [2.75, 3.05) is 22.9 Å². The van der Waals surface area contributed by atoms with Gasteiger partial charge in [-0.25, -0.2) is 9.97 Å². The second kappa shape index (κ2) is 7.98. The van der Waals surface area contributed by atoms with Gasteiger partial charge in [0.15, 0.2) is 4.34 Å². The van der Waals surface area contributed by atoms with E-state index in [1.807, 2.05) is 12.1 Å². The van der Waals surface area contributed by atoms with Gasteiger partial charge in [-0.05, 0) is 18.2 Å². The van der Waals surface area contributed by atoms with Crippen LogP contribution in [-0.2, 0) is 14.4 Å². The minimum atomic E-state index is -0.349. The van der Waals surface area contributed by atoms with Gasteiger partial charge >= 0.3 is 6.01 Å². The summed E-state index contributed by atoms with van der Waals surface area (Å²) in [5, 5.41) is 8.04. The number of thioether (sulfide) groups is 1. The fourth-order valence-electron chi connectivity index (χ4n) is 2.65. The highest BCUT2D eigenvalue weighted by atomic mass is 32.2. The Labute approximate surface area is 167 Å². The molecule has 11 heteroatoms. The first-order chi connectivity index (χ1) is 13.6. The van der Waals surface area contributed by atoms with E-state index in [0.29, 0.717) is 12.2 Å². The van der Waals surface area contributed by atoms with Crippen molar-refractivity contribution in [2.45, 2.75) is 10.8 Å². The van der Waals surface area contributed by atoms with Crippen LogP contribution in [0.4, 0.5) is 11.7 Å². The Bertz CT molecular complexity index is 1030. The summed E-state index contributed by atoms with van der Waals surface area (Å²) in [4.78, 5) is 43.7. The maximum Gasteiger partial charge on any atom is 0.301 e. The molecule has 0 saturated carbocycles. The molecule has 4 rings (SSSR count). The predicted molar refractivity (Wildman–Crippen MR) is 105 cm³/mol. The van der Waals surface area contributed by atoms with Crippen molar-refractivity contribution in [2.24, 2.45) is 5.92 Å². The van der Waals surface area contributed by atoms with Crippen molar-refractivity contribution < 1.29 is 18.8 Å². The third-order valence-electron chi connectivity index (χ3n) is 3.99. The molecule has 3 N–H and O–H groups in total. The molecule has 1 aliphatic heterocycles. The molecule has 28 heavy (non-hydrogen) atoms. The number of oxazole rings is 1. The highest BCUT2D eigenvalue weighted by molar-refractivity contribution is 8.01. The number of nitrogens with zero attached hydrogens (tertiary/aromatic N) is 2. The monoisotopic (exact) mass is 417 g/mol. The van der Waals surface area contributed by atoms with E-state index in [1.165, 1.54) is 35.6 Å². The lowest BCUT2D eigenvalue weighted by Crippen LogP contribution is -2.24. The van der Waals surface area contributed by atoms with Crippen LogP contribution in [0.2, 0.25) is 0 Å². The van der Waals surface area contributed by atoms with Crippen LogP contribution in [0.15, 0.2) is 39.4 Å². The Balaban J connectivity index is 1.37. The first-order valence-corrected chi connectivity index (χ1v) is 10.2. The SMILES string of the molecule is O=C1CC(C(=O)Nc2ccc3nc(SCC(=O)Nc4ncco4)sc3c2)CN1. The number of thiazole rings is 1. The van der Waals surface area contributed by atoms with Crippen molar-refractivity contribution in [1.29, 1.82) is 0 Å². The van der Waals surface area contributed by atoms with Gasteiger partial charge in [-0.1, -0.05) is 11.8 Å². The van der Waals surface area contributed by atoms with Crippen molar-refractivity contribution in [3.05, 3.63) is 30.7 Å². The summed E-state index contributed by atoms with van der Waals surface area (Å²) < 4.78 is 6.61. The van der Waals surface area contributed by atoms with Gasteiger partial charge in [0.25, 0.3) is 0 Å². The number of fused-ring (bicyclic) bond motifs is 1. The summed E-state index contributed by atoms with van der Waals surface area (Å²) in [6.45, 7) is 0.365. The molecule has 2 aromatic heterocycles. The third kappa shape index (κ3) is 4.31. The number of benzene rings is 1. The van der Waals surface area contributed by atoms with Gasteiger partial charge in [-0.2, -0.15) is 0 Å². The number of carbonyl (C=O) groups is 3. The molecular weight excluding hydrogens is 402 g/mol. The molecule has 0 spiro atoms. The standard InChI is InChI=1S/C17H15N5O4S2/c23-13-5-9(7-19-13)15(25)20-10-1-2-11-12(6-10)28-17(21-11)27-8-14(24)22-16-18-3-4-26-16/h1-4,6,9H,5,7-8H2,(H,19,23)(H,20,25)(H,18,22,24). The van der Waals surface area contributed by atoms with E-state index in [-0.39, 0.29) is 41.8 Å². The summed E-state index contributed by atoms with van der Waals surface area (Å²) in [7, 11) is 0. The van der Waals surface area contributed by atoms with Crippen molar-refractivity contribution in [3.8, 4) is 0 Å². The molecule has 1 aromatic carbocycles. The normalized spacial score (nSPS) is 16.1. The highest BCUT2D eigenvalue weighted by Crippen LogP contribution is 2.31.